The van der Waals surface area contributed by atoms with Crippen molar-refractivity contribution in [3.63, 3.8) is 0 Å². The van der Waals surface area contributed by atoms with Gasteiger partial charge in [0.15, 0.2) is 6.20 Å². The Morgan fingerprint density at radius 3 is 2.44 bits per heavy atom. The van der Waals surface area contributed by atoms with Crippen molar-refractivity contribution in [2.75, 3.05) is 0 Å². The monoisotopic (exact) mass is 247 g/mol. The summed E-state index contributed by atoms with van der Waals surface area (Å²) in [5.41, 5.74) is 0.782. The zero-order valence-corrected chi connectivity index (χ0v) is 8.48. The molecule has 0 atom stereocenters. The van der Waals surface area contributed by atoms with Crippen molar-refractivity contribution < 1.29 is 33.4 Å². The van der Waals surface area contributed by atoms with Gasteiger partial charge in [-0.15, -0.1) is 14.8 Å². The van der Waals surface area contributed by atoms with Crippen LogP contribution in [0.2, 0.25) is 0 Å². The molecule has 0 aliphatic rings. The molecule has 2 aromatic rings. The summed E-state index contributed by atoms with van der Waals surface area (Å²) in [6.07, 6.45) is 4.53. The molecule has 0 aliphatic heterocycles. The molecule has 0 fully saturated rings. The van der Waals surface area contributed by atoms with Crippen LogP contribution in [0.4, 0.5) is 0 Å². The van der Waals surface area contributed by atoms with Crippen LogP contribution in [0.3, 0.4) is 0 Å². The van der Waals surface area contributed by atoms with Gasteiger partial charge in [0.1, 0.15) is 5.52 Å². The lowest BCUT2D eigenvalue weighted by molar-refractivity contribution is -2.00. The lowest BCUT2D eigenvalue weighted by Crippen LogP contribution is -2.68. The van der Waals surface area contributed by atoms with E-state index in [1.54, 1.807) is 18.5 Å². The fraction of sp³-hybridized carbons (Fsp3) is 0. The number of fused-ring (bicyclic) bond motifs is 1. The Bertz CT molecular complexity index is 512. The summed E-state index contributed by atoms with van der Waals surface area (Å²) in [6.45, 7) is 0. The first kappa shape index (κ1) is 12.5. The van der Waals surface area contributed by atoms with Gasteiger partial charge in [-0.3, -0.25) is 0 Å². The first-order valence-electron chi connectivity index (χ1n) is 3.83. The Morgan fingerprint density at radius 2 is 1.88 bits per heavy atom. The number of pyridine rings is 1. The molecule has 8 nitrogen and oxygen atoms in total. The van der Waals surface area contributed by atoms with E-state index in [9.17, 15) is 4.91 Å². The molecule has 86 valence electrons. The molecular formula is C7H6ClN3O5. The van der Waals surface area contributed by atoms with Crippen LogP contribution < -0.4 is 23.2 Å². The minimum atomic E-state index is -4.94. The maximum atomic E-state index is 11.0. The molecule has 2 heterocycles. The number of hydrogen-bond acceptors (Lipinski definition) is 6. The molecule has 0 radical (unpaired) electrons. The first-order valence-corrected chi connectivity index (χ1v) is 5.07. The SMILES string of the molecule is O=[n+]1cncc2ccccn21.[O-][Cl+3]([O-])([O-])[O-]. The van der Waals surface area contributed by atoms with Crippen LogP contribution >= 0.6 is 0 Å². The minimum Gasteiger partial charge on any atom is -0.222 e. The molecule has 0 saturated heterocycles. The van der Waals surface area contributed by atoms with E-state index in [1.807, 2.05) is 12.1 Å². The molecule has 0 bridgehead atoms. The standard InChI is InChI=1S/C7H6N3O.ClHO4/c11-10-6-8-5-7-3-1-2-4-9(7)10;2-1(3,4)5/h1-6H;(H,2,3,4,5)/q+1;/p-1. The van der Waals surface area contributed by atoms with Gasteiger partial charge in [-0.1, -0.05) is 6.07 Å². The molecule has 9 heteroatoms. The molecule has 2 rings (SSSR count). The summed E-state index contributed by atoms with van der Waals surface area (Å²) in [7, 11) is -4.94. The second-order valence-corrected chi connectivity index (χ2v) is 3.30. The highest BCUT2D eigenvalue weighted by Gasteiger charge is 1.96. The van der Waals surface area contributed by atoms with Crippen LogP contribution in [0.25, 0.3) is 5.52 Å². The van der Waals surface area contributed by atoms with E-state index in [2.05, 4.69) is 4.98 Å². The summed E-state index contributed by atoms with van der Waals surface area (Å²) in [5, 5.41) is 0. The Balaban J connectivity index is 0.000000221. The average molecular weight is 248 g/mol. The highest BCUT2D eigenvalue weighted by molar-refractivity contribution is 5.40. The highest BCUT2D eigenvalue weighted by atomic mass is 35.7. The van der Waals surface area contributed by atoms with Gasteiger partial charge in [-0.2, -0.15) is 0 Å². The van der Waals surface area contributed by atoms with Crippen LogP contribution in [0.15, 0.2) is 36.9 Å². The Morgan fingerprint density at radius 1 is 1.25 bits per heavy atom. The second-order valence-electron chi connectivity index (χ2n) is 2.54. The van der Waals surface area contributed by atoms with E-state index in [4.69, 9.17) is 18.6 Å². The zero-order valence-electron chi connectivity index (χ0n) is 7.72. The molecule has 0 saturated carbocycles. The normalized spacial score (nSPS) is 10.8. The van der Waals surface area contributed by atoms with Crippen molar-refractivity contribution in [3.8, 4) is 0 Å². The van der Waals surface area contributed by atoms with Crippen molar-refractivity contribution >= 4 is 5.52 Å². The van der Waals surface area contributed by atoms with E-state index in [0.717, 1.165) is 5.52 Å². The van der Waals surface area contributed by atoms with E-state index in [1.165, 1.54) is 10.8 Å². The van der Waals surface area contributed by atoms with E-state index in [0.29, 0.717) is 4.54 Å². The maximum absolute atomic E-state index is 11.0. The summed E-state index contributed by atoms with van der Waals surface area (Å²) in [6, 6.07) is 5.47. The molecule has 0 N–H and O–H groups in total. The Hall–Kier alpha value is -1.58. The fourth-order valence-electron chi connectivity index (χ4n) is 0.952. The Labute approximate surface area is 91.0 Å². The molecule has 0 spiro atoms. The van der Waals surface area contributed by atoms with Crippen molar-refractivity contribution in [2.45, 2.75) is 0 Å². The molecule has 16 heavy (non-hydrogen) atoms. The van der Waals surface area contributed by atoms with Crippen molar-refractivity contribution in [2.24, 2.45) is 0 Å². The summed E-state index contributed by atoms with van der Waals surface area (Å²) in [5.74, 6) is 0. The minimum absolute atomic E-state index is 0.676. The molecular weight excluding hydrogens is 242 g/mol. The third kappa shape index (κ3) is 4.29. The first-order chi connectivity index (χ1) is 7.38. The van der Waals surface area contributed by atoms with Crippen molar-refractivity contribution in [1.29, 1.82) is 0 Å². The van der Waals surface area contributed by atoms with E-state index >= 15 is 0 Å². The summed E-state index contributed by atoms with van der Waals surface area (Å²) in [4.78, 5) is 14.7. The fourth-order valence-corrected chi connectivity index (χ4v) is 0.952. The van der Waals surface area contributed by atoms with Gasteiger partial charge in [0.25, 0.3) is 0 Å². The topological polar surface area (TPSA) is 133 Å². The van der Waals surface area contributed by atoms with Gasteiger partial charge in [-0.05, 0) is 22.0 Å². The van der Waals surface area contributed by atoms with E-state index < -0.39 is 10.2 Å². The predicted octanol–water partition coefficient (Wildman–Crippen LogP) is -4.51. The van der Waals surface area contributed by atoms with Gasteiger partial charge in [-0.25, -0.2) is 18.6 Å². The largest absolute Gasteiger partial charge is 0.353 e. The molecule has 0 aliphatic carbocycles. The number of nitrogens with zero attached hydrogens (tertiary/aromatic N) is 3. The van der Waals surface area contributed by atoms with Gasteiger partial charge in [0.05, 0.1) is 10.7 Å². The predicted molar refractivity (Wildman–Crippen MR) is 38.6 cm³/mol. The van der Waals surface area contributed by atoms with Gasteiger partial charge < -0.3 is 0 Å². The zero-order chi connectivity index (χ0) is 12.2. The lowest BCUT2D eigenvalue weighted by Gasteiger charge is -2.17. The number of halogens is 1. The van der Waals surface area contributed by atoms with Crippen LogP contribution in [0.1, 0.15) is 0 Å². The summed E-state index contributed by atoms with van der Waals surface area (Å²) < 4.78 is 36.1. The number of rotatable bonds is 0. The molecule has 0 unspecified atom stereocenters. The third-order valence-electron chi connectivity index (χ3n) is 1.45. The van der Waals surface area contributed by atoms with Crippen molar-refractivity contribution in [1.82, 2.24) is 9.50 Å². The van der Waals surface area contributed by atoms with Crippen LogP contribution in [0.5, 0.6) is 0 Å². The van der Waals surface area contributed by atoms with Crippen molar-refractivity contribution in [3.05, 3.63) is 41.8 Å². The van der Waals surface area contributed by atoms with Gasteiger partial charge in [0.2, 0.25) is 0 Å². The number of aromatic nitrogens is 3. The van der Waals surface area contributed by atoms with Crippen LogP contribution in [-0.4, -0.2) is 9.50 Å². The van der Waals surface area contributed by atoms with Gasteiger partial charge in [0, 0.05) is 0 Å². The molecule has 2 aromatic heterocycles. The van der Waals surface area contributed by atoms with Gasteiger partial charge >= 0.3 is 6.33 Å². The third-order valence-corrected chi connectivity index (χ3v) is 1.45. The lowest BCUT2D eigenvalue weighted by atomic mass is 10.4. The second kappa shape index (κ2) is 4.96. The summed E-state index contributed by atoms with van der Waals surface area (Å²) >= 11 is 0. The Kier molecular flexibility index (Phi) is 3.88. The van der Waals surface area contributed by atoms with Crippen LogP contribution in [0, 0.1) is 15.2 Å². The smallest absolute Gasteiger partial charge is 0.222 e. The maximum Gasteiger partial charge on any atom is 0.353 e. The average Bonchev–Trinajstić information content (AvgIpc) is 2.16. The highest BCUT2D eigenvalue weighted by Crippen LogP contribution is 1.93. The molecule has 0 aromatic carbocycles. The van der Waals surface area contributed by atoms with Crippen LogP contribution in [-0.2, 0) is 0 Å². The number of hydrogen-bond donors (Lipinski definition) is 0. The molecule has 0 amide bonds. The van der Waals surface area contributed by atoms with E-state index in [-0.39, 0.29) is 0 Å². The quantitative estimate of drug-likeness (QED) is 0.431.